The highest BCUT2D eigenvalue weighted by molar-refractivity contribution is 7.98. The van der Waals surface area contributed by atoms with Crippen LogP contribution >= 0.6 is 23.1 Å². The monoisotopic (exact) mass is 431 g/mol. The van der Waals surface area contributed by atoms with Crippen LogP contribution in [0, 0.1) is 11.7 Å². The number of hydrogen-bond donors (Lipinski definition) is 0. The van der Waals surface area contributed by atoms with Crippen LogP contribution in [-0.4, -0.2) is 54.6 Å². The molecule has 0 N–H and O–H groups in total. The van der Waals surface area contributed by atoms with Gasteiger partial charge in [-0.1, -0.05) is 11.3 Å². The zero-order chi connectivity index (χ0) is 19.6. The van der Waals surface area contributed by atoms with Gasteiger partial charge in [0.25, 0.3) is 5.91 Å². The summed E-state index contributed by atoms with van der Waals surface area (Å²) in [6.07, 6.45) is 4.42. The van der Waals surface area contributed by atoms with Gasteiger partial charge in [0.05, 0.1) is 22.4 Å². The van der Waals surface area contributed by atoms with Crippen LogP contribution in [0.25, 0.3) is 10.2 Å². The summed E-state index contributed by atoms with van der Waals surface area (Å²) >= 11 is 2.96. The van der Waals surface area contributed by atoms with Gasteiger partial charge in [-0.3, -0.25) is 4.79 Å². The van der Waals surface area contributed by atoms with Crippen molar-refractivity contribution in [2.45, 2.75) is 19.4 Å². The maximum Gasteiger partial charge on any atom is 0.252 e. The van der Waals surface area contributed by atoms with E-state index in [9.17, 15) is 17.6 Å². The molecule has 0 spiro atoms. The van der Waals surface area contributed by atoms with Gasteiger partial charge in [0.15, 0.2) is 4.80 Å². The van der Waals surface area contributed by atoms with Crippen LogP contribution < -0.4 is 4.80 Å². The molecule has 6 nitrogen and oxygen atoms in total. The van der Waals surface area contributed by atoms with Crippen molar-refractivity contribution in [3.8, 4) is 0 Å². The lowest BCUT2D eigenvalue weighted by Crippen LogP contribution is -2.41. The smallest absolute Gasteiger partial charge is 0.252 e. The van der Waals surface area contributed by atoms with Crippen molar-refractivity contribution in [3.05, 3.63) is 28.8 Å². The van der Waals surface area contributed by atoms with Crippen molar-refractivity contribution in [2.75, 3.05) is 31.4 Å². The van der Waals surface area contributed by atoms with E-state index in [-0.39, 0.29) is 18.3 Å². The summed E-state index contributed by atoms with van der Waals surface area (Å²) in [5.74, 6) is -0.233. The van der Waals surface area contributed by atoms with Crippen molar-refractivity contribution < 1.29 is 17.6 Å². The van der Waals surface area contributed by atoms with Gasteiger partial charge in [-0.2, -0.15) is 16.8 Å². The fraction of sp³-hybridized carbons (Fsp3) is 0.529. The lowest BCUT2D eigenvalue weighted by atomic mass is 9.99. The SMILES string of the molecule is CSCCn1c(=NC(=O)C2CCCN(S(C)(=O)=O)C2)sc2cc(F)ccc21. The summed E-state index contributed by atoms with van der Waals surface area (Å²) < 4.78 is 41.1. The molecule has 1 amide bonds. The minimum Gasteiger partial charge on any atom is -0.316 e. The Morgan fingerprint density at radius 2 is 2.22 bits per heavy atom. The zero-order valence-electron chi connectivity index (χ0n) is 15.2. The second-order valence-electron chi connectivity index (χ2n) is 6.55. The van der Waals surface area contributed by atoms with Crippen molar-refractivity contribution in [1.29, 1.82) is 0 Å². The number of hydrogen-bond acceptors (Lipinski definition) is 5. The number of nitrogens with zero attached hydrogens (tertiary/aromatic N) is 3. The van der Waals surface area contributed by atoms with Crippen LogP contribution in [0.15, 0.2) is 23.2 Å². The molecule has 1 aromatic carbocycles. The molecule has 1 fully saturated rings. The summed E-state index contributed by atoms with van der Waals surface area (Å²) in [5, 5.41) is 0. The Hall–Kier alpha value is -1.23. The summed E-state index contributed by atoms with van der Waals surface area (Å²) in [6.45, 7) is 1.28. The summed E-state index contributed by atoms with van der Waals surface area (Å²) in [7, 11) is -3.32. The first kappa shape index (κ1) is 20.5. The third kappa shape index (κ3) is 4.79. The number of thioether (sulfide) groups is 1. The molecule has 1 aromatic heterocycles. The van der Waals surface area contributed by atoms with E-state index in [0.717, 1.165) is 22.2 Å². The van der Waals surface area contributed by atoms with Crippen LogP contribution in [0.1, 0.15) is 12.8 Å². The van der Waals surface area contributed by atoms with Crippen molar-refractivity contribution >= 4 is 49.2 Å². The first-order chi connectivity index (χ1) is 12.8. The highest BCUT2D eigenvalue weighted by atomic mass is 32.2. The molecule has 1 saturated heterocycles. The van der Waals surface area contributed by atoms with Gasteiger partial charge < -0.3 is 4.57 Å². The third-order valence-electron chi connectivity index (χ3n) is 4.57. The van der Waals surface area contributed by atoms with Crippen molar-refractivity contribution in [3.63, 3.8) is 0 Å². The molecule has 27 heavy (non-hydrogen) atoms. The van der Waals surface area contributed by atoms with Gasteiger partial charge >= 0.3 is 0 Å². The van der Waals surface area contributed by atoms with E-state index in [4.69, 9.17) is 0 Å². The molecule has 2 aromatic rings. The molecule has 1 atom stereocenters. The van der Waals surface area contributed by atoms with Gasteiger partial charge in [-0.05, 0) is 37.3 Å². The molecule has 148 valence electrons. The van der Waals surface area contributed by atoms with Crippen LogP contribution in [0.2, 0.25) is 0 Å². The molecule has 0 aliphatic carbocycles. The molecule has 1 aliphatic heterocycles. The van der Waals surface area contributed by atoms with Gasteiger partial charge in [-0.25, -0.2) is 17.1 Å². The average molecular weight is 432 g/mol. The van der Waals surface area contributed by atoms with E-state index in [1.54, 1.807) is 17.8 Å². The van der Waals surface area contributed by atoms with E-state index in [1.165, 1.54) is 27.8 Å². The second kappa shape index (κ2) is 8.42. The predicted molar refractivity (Wildman–Crippen MR) is 108 cm³/mol. The fourth-order valence-electron chi connectivity index (χ4n) is 3.16. The third-order valence-corrected chi connectivity index (χ3v) is 7.47. The Morgan fingerprint density at radius 1 is 1.44 bits per heavy atom. The molecular weight excluding hydrogens is 409 g/mol. The molecule has 2 heterocycles. The first-order valence-electron chi connectivity index (χ1n) is 8.61. The number of thiazole rings is 1. The van der Waals surface area contributed by atoms with Crippen LogP contribution in [0.3, 0.4) is 0 Å². The van der Waals surface area contributed by atoms with E-state index in [0.29, 0.717) is 30.7 Å². The number of aryl methyl sites for hydroxylation is 1. The molecular formula is C17H22FN3O3S3. The zero-order valence-corrected chi connectivity index (χ0v) is 17.7. The van der Waals surface area contributed by atoms with Crippen molar-refractivity contribution in [2.24, 2.45) is 10.9 Å². The van der Waals surface area contributed by atoms with E-state index in [1.807, 2.05) is 10.8 Å². The minimum absolute atomic E-state index is 0.172. The van der Waals surface area contributed by atoms with Gasteiger partial charge in [0.1, 0.15) is 5.82 Å². The number of carbonyl (C=O) groups is 1. The Labute approximate surface area is 166 Å². The largest absolute Gasteiger partial charge is 0.316 e. The van der Waals surface area contributed by atoms with E-state index in [2.05, 4.69) is 4.99 Å². The van der Waals surface area contributed by atoms with Gasteiger partial charge in [0, 0.05) is 25.4 Å². The Balaban J connectivity index is 1.95. The Morgan fingerprint density at radius 3 is 2.93 bits per heavy atom. The first-order valence-corrected chi connectivity index (χ1v) is 12.7. The number of rotatable bonds is 5. The molecule has 10 heteroatoms. The molecule has 1 aliphatic rings. The number of piperidine rings is 1. The molecule has 0 bridgehead atoms. The lowest BCUT2D eigenvalue weighted by Gasteiger charge is -2.28. The number of benzene rings is 1. The molecule has 3 rings (SSSR count). The number of halogens is 1. The number of amides is 1. The molecule has 0 saturated carbocycles. The minimum atomic E-state index is -3.32. The van der Waals surface area contributed by atoms with Crippen LogP contribution in [0.5, 0.6) is 0 Å². The van der Waals surface area contributed by atoms with Gasteiger partial charge in [0.2, 0.25) is 10.0 Å². The fourth-order valence-corrected chi connectivity index (χ4v) is 5.52. The standard InChI is InChI=1S/C17H22FN3O3S3/c1-25-9-8-21-14-6-5-13(18)10-15(14)26-17(21)19-16(22)12-4-3-7-20(11-12)27(2,23)24/h5-6,10,12H,3-4,7-9,11H2,1-2H3. The summed E-state index contributed by atoms with van der Waals surface area (Å²) in [4.78, 5) is 17.6. The highest BCUT2D eigenvalue weighted by Gasteiger charge is 2.30. The quantitative estimate of drug-likeness (QED) is 0.728. The highest BCUT2D eigenvalue weighted by Crippen LogP contribution is 2.21. The van der Waals surface area contributed by atoms with E-state index < -0.39 is 15.9 Å². The number of carbonyl (C=O) groups excluding carboxylic acids is 1. The average Bonchev–Trinajstić information content (AvgIpc) is 2.95. The van der Waals surface area contributed by atoms with Crippen LogP contribution in [-0.2, 0) is 21.4 Å². The number of sulfonamides is 1. The second-order valence-corrected chi connectivity index (χ2v) is 10.5. The lowest BCUT2D eigenvalue weighted by molar-refractivity contribution is -0.122. The summed E-state index contributed by atoms with van der Waals surface area (Å²) in [5.41, 5.74) is 0.850. The van der Waals surface area contributed by atoms with Gasteiger partial charge in [-0.15, -0.1) is 0 Å². The summed E-state index contributed by atoms with van der Waals surface area (Å²) in [6, 6.07) is 4.56. The molecule has 0 radical (unpaired) electrons. The Kier molecular flexibility index (Phi) is 6.39. The van der Waals surface area contributed by atoms with Crippen molar-refractivity contribution in [1.82, 2.24) is 8.87 Å². The maximum absolute atomic E-state index is 13.6. The normalized spacial score (nSPS) is 19.7. The maximum atomic E-state index is 13.6. The topological polar surface area (TPSA) is 71.7 Å². The number of aromatic nitrogens is 1. The van der Waals surface area contributed by atoms with Crippen LogP contribution in [0.4, 0.5) is 4.39 Å². The Bertz CT molecular complexity index is 1010. The van der Waals surface area contributed by atoms with E-state index >= 15 is 0 Å². The molecule has 1 unspecified atom stereocenters. The predicted octanol–water partition coefficient (Wildman–Crippen LogP) is 2.30. The number of fused-ring (bicyclic) bond motifs is 1.